The van der Waals surface area contributed by atoms with Gasteiger partial charge < -0.3 is 10.2 Å². The molecule has 0 aliphatic carbocycles. The molecule has 0 saturated carbocycles. The van der Waals surface area contributed by atoms with Crippen molar-refractivity contribution in [1.82, 2.24) is 0 Å². The minimum atomic E-state index is -1.03. The Morgan fingerprint density at radius 3 is 2.14 bits per heavy atom. The first kappa shape index (κ1) is 11.8. The van der Waals surface area contributed by atoms with Gasteiger partial charge in [0.15, 0.2) is 0 Å². The van der Waals surface area contributed by atoms with Gasteiger partial charge in [0.1, 0.15) is 6.10 Å². The van der Waals surface area contributed by atoms with Gasteiger partial charge in [0.2, 0.25) is 0 Å². The van der Waals surface area contributed by atoms with Gasteiger partial charge in [-0.15, -0.1) is 0 Å². The van der Waals surface area contributed by atoms with E-state index in [2.05, 4.69) is 0 Å². The molecule has 0 aliphatic rings. The van der Waals surface area contributed by atoms with Crippen LogP contribution >= 0.6 is 23.2 Å². The van der Waals surface area contributed by atoms with Gasteiger partial charge in [-0.1, -0.05) is 36.2 Å². The van der Waals surface area contributed by atoms with E-state index in [1.54, 1.807) is 25.1 Å². The Labute approximate surface area is 93.1 Å². The average Bonchev–Trinajstić information content (AvgIpc) is 2.16. The number of aliphatic hydroxyl groups excluding tert-OH is 2. The quantitative estimate of drug-likeness (QED) is 0.845. The average molecular weight is 235 g/mol. The molecule has 0 radical (unpaired) electrons. The van der Waals surface area contributed by atoms with E-state index in [1.165, 1.54) is 0 Å². The molecule has 2 atom stereocenters. The van der Waals surface area contributed by atoms with E-state index >= 15 is 0 Å². The zero-order valence-corrected chi connectivity index (χ0v) is 9.26. The Balaban J connectivity index is 3.05. The number of hydrogen-bond acceptors (Lipinski definition) is 2. The largest absolute Gasteiger partial charge is 0.390 e. The summed E-state index contributed by atoms with van der Waals surface area (Å²) in [5.41, 5.74) is 0.394. The van der Waals surface area contributed by atoms with Gasteiger partial charge in [-0.3, -0.25) is 0 Å². The SMILES string of the molecule is CCC(O)C(O)c1c(Cl)cccc1Cl. The van der Waals surface area contributed by atoms with Crippen LogP contribution in [0.3, 0.4) is 0 Å². The minimum absolute atomic E-state index is 0.373. The summed E-state index contributed by atoms with van der Waals surface area (Å²) in [4.78, 5) is 0. The Kier molecular flexibility index (Phi) is 4.20. The van der Waals surface area contributed by atoms with Crippen molar-refractivity contribution in [2.24, 2.45) is 0 Å². The van der Waals surface area contributed by atoms with E-state index < -0.39 is 12.2 Å². The van der Waals surface area contributed by atoms with Crippen LogP contribution in [0, 0.1) is 0 Å². The molecule has 0 spiro atoms. The zero-order chi connectivity index (χ0) is 10.7. The maximum Gasteiger partial charge on any atom is 0.108 e. The second-order valence-electron chi connectivity index (χ2n) is 3.06. The van der Waals surface area contributed by atoms with Crippen LogP contribution in [0.25, 0.3) is 0 Å². The molecule has 0 saturated heterocycles. The summed E-state index contributed by atoms with van der Waals surface area (Å²) in [5.74, 6) is 0. The highest BCUT2D eigenvalue weighted by Crippen LogP contribution is 2.32. The maximum absolute atomic E-state index is 9.73. The number of rotatable bonds is 3. The van der Waals surface area contributed by atoms with E-state index in [9.17, 15) is 10.2 Å². The van der Waals surface area contributed by atoms with Crippen LogP contribution in [0.2, 0.25) is 10.0 Å². The van der Waals surface area contributed by atoms with Crippen molar-refractivity contribution in [2.75, 3.05) is 0 Å². The fraction of sp³-hybridized carbons (Fsp3) is 0.400. The van der Waals surface area contributed by atoms with Gasteiger partial charge in [-0.05, 0) is 18.6 Å². The minimum Gasteiger partial charge on any atom is -0.390 e. The van der Waals surface area contributed by atoms with E-state index in [0.717, 1.165) is 0 Å². The summed E-state index contributed by atoms with van der Waals surface area (Å²) in [6.45, 7) is 1.78. The fourth-order valence-electron chi connectivity index (χ4n) is 1.21. The molecule has 2 nitrogen and oxygen atoms in total. The third-order valence-electron chi connectivity index (χ3n) is 2.08. The lowest BCUT2D eigenvalue weighted by Crippen LogP contribution is -2.17. The molecule has 0 aliphatic heterocycles. The highest BCUT2D eigenvalue weighted by molar-refractivity contribution is 6.36. The molecule has 0 bridgehead atoms. The predicted molar refractivity (Wildman–Crippen MR) is 57.7 cm³/mol. The van der Waals surface area contributed by atoms with Crippen molar-refractivity contribution in [3.05, 3.63) is 33.8 Å². The Hall–Kier alpha value is -0.280. The van der Waals surface area contributed by atoms with Crippen LogP contribution in [0.5, 0.6) is 0 Å². The molecule has 2 unspecified atom stereocenters. The third kappa shape index (κ3) is 2.39. The van der Waals surface area contributed by atoms with Crippen molar-refractivity contribution in [3.8, 4) is 0 Å². The zero-order valence-electron chi connectivity index (χ0n) is 7.74. The number of benzene rings is 1. The molecule has 2 N–H and O–H groups in total. The van der Waals surface area contributed by atoms with Crippen molar-refractivity contribution in [1.29, 1.82) is 0 Å². The molecule has 1 rings (SSSR count). The summed E-state index contributed by atoms with van der Waals surface area (Å²) in [6.07, 6.45) is -1.42. The monoisotopic (exact) mass is 234 g/mol. The van der Waals surface area contributed by atoms with E-state index in [-0.39, 0.29) is 0 Å². The van der Waals surface area contributed by atoms with Gasteiger partial charge in [-0.2, -0.15) is 0 Å². The van der Waals surface area contributed by atoms with Crippen LogP contribution in [-0.4, -0.2) is 16.3 Å². The van der Waals surface area contributed by atoms with Gasteiger partial charge in [0.25, 0.3) is 0 Å². The molecule has 1 aromatic carbocycles. The van der Waals surface area contributed by atoms with Crippen molar-refractivity contribution < 1.29 is 10.2 Å². The lowest BCUT2D eigenvalue weighted by molar-refractivity contribution is 0.0166. The van der Waals surface area contributed by atoms with Crippen molar-refractivity contribution in [2.45, 2.75) is 25.6 Å². The van der Waals surface area contributed by atoms with E-state index in [0.29, 0.717) is 22.0 Å². The Morgan fingerprint density at radius 2 is 1.71 bits per heavy atom. The summed E-state index contributed by atoms with van der Waals surface area (Å²) < 4.78 is 0. The molecule has 0 amide bonds. The van der Waals surface area contributed by atoms with Crippen LogP contribution < -0.4 is 0 Å². The van der Waals surface area contributed by atoms with Crippen molar-refractivity contribution >= 4 is 23.2 Å². The lowest BCUT2D eigenvalue weighted by atomic mass is 10.0. The molecule has 0 heterocycles. The normalized spacial score (nSPS) is 15.2. The van der Waals surface area contributed by atoms with Crippen LogP contribution in [-0.2, 0) is 0 Å². The van der Waals surface area contributed by atoms with Crippen LogP contribution in [0.1, 0.15) is 25.0 Å². The van der Waals surface area contributed by atoms with Crippen LogP contribution in [0.4, 0.5) is 0 Å². The number of halogens is 2. The number of hydrogen-bond donors (Lipinski definition) is 2. The smallest absolute Gasteiger partial charge is 0.108 e. The maximum atomic E-state index is 9.73. The second-order valence-corrected chi connectivity index (χ2v) is 3.87. The van der Waals surface area contributed by atoms with Gasteiger partial charge in [-0.25, -0.2) is 0 Å². The van der Waals surface area contributed by atoms with Crippen LogP contribution in [0.15, 0.2) is 18.2 Å². The predicted octanol–water partition coefficient (Wildman–Crippen LogP) is 2.80. The molecule has 0 fully saturated rings. The Bertz CT molecular complexity index is 295. The molecular weight excluding hydrogens is 223 g/mol. The van der Waals surface area contributed by atoms with Gasteiger partial charge in [0, 0.05) is 15.6 Å². The summed E-state index contributed by atoms with van der Waals surface area (Å²) >= 11 is 11.7. The standard InChI is InChI=1S/C10H12Cl2O2/c1-2-8(13)10(14)9-6(11)4-3-5-7(9)12/h3-5,8,10,13-14H,2H2,1H3. The lowest BCUT2D eigenvalue weighted by Gasteiger charge is -2.18. The molecule has 78 valence electrons. The van der Waals surface area contributed by atoms with E-state index in [4.69, 9.17) is 23.2 Å². The molecule has 14 heavy (non-hydrogen) atoms. The van der Waals surface area contributed by atoms with E-state index in [1.807, 2.05) is 0 Å². The molecule has 0 aromatic heterocycles. The Morgan fingerprint density at radius 1 is 1.21 bits per heavy atom. The van der Waals surface area contributed by atoms with Crippen molar-refractivity contribution in [3.63, 3.8) is 0 Å². The first-order valence-electron chi connectivity index (χ1n) is 4.38. The molecule has 1 aromatic rings. The highest BCUT2D eigenvalue weighted by atomic mass is 35.5. The summed E-state index contributed by atoms with van der Waals surface area (Å²) in [5, 5.41) is 19.9. The summed E-state index contributed by atoms with van der Waals surface area (Å²) in [6, 6.07) is 4.96. The van der Waals surface area contributed by atoms with Gasteiger partial charge in [0.05, 0.1) is 6.10 Å². The topological polar surface area (TPSA) is 40.5 Å². The first-order valence-corrected chi connectivity index (χ1v) is 5.13. The summed E-state index contributed by atoms with van der Waals surface area (Å²) in [7, 11) is 0. The second kappa shape index (κ2) is 4.99. The first-order chi connectivity index (χ1) is 6.57. The highest BCUT2D eigenvalue weighted by Gasteiger charge is 2.21. The molecular formula is C10H12Cl2O2. The number of aliphatic hydroxyl groups is 2. The van der Waals surface area contributed by atoms with Gasteiger partial charge >= 0.3 is 0 Å². The fourth-order valence-corrected chi connectivity index (χ4v) is 1.83. The third-order valence-corrected chi connectivity index (χ3v) is 2.74. The molecule has 4 heteroatoms.